The van der Waals surface area contributed by atoms with E-state index in [2.05, 4.69) is 18.4 Å². The van der Waals surface area contributed by atoms with Gasteiger partial charge in [0.15, 0.2) is 6.79 Å². The molecule has 0 bridgehead atoms. The van der Waals surface area contributed by atoms with Crippen LogP contribution in [-0.2, 0) is 27.2 Å². The van der Waals surface area contributed by atoms with Gasteiger partial charge in [0.05, 0.1) is 13.2 Å². The van der Waals surface area contributed by atoms with Gasteiger partial charge in [0.2, 0.25) is 0 Å². The lowest BCUT2D eigenvalue weighted by Crippen LogP contribution is -2.05. The lowest BCUT2D eigenvalue weighted by atomic mass is 10.1. The second kappa shape index (κ2) is 17.1. The maximum Gasteiger partial charge on any atom is 0.476 e. The largest absolute Gasteiger partial charge is 0.476 e. The third-order valence-corrected chi connectivity index (χ3v) is 5.79. The van der Waals surface area contributed by atoms with Crippen molar-refractivity contribution in [2.24, 2.45) is 0 Å². The van der Waals surface area contributed by atoms with Crippen molar-refractivity contribution in [2.45, 2.75) is 90.9 Å². The summed E-state index contributed by atoms with van der Waals surface area (Å²) in [6, 6.07) is 0. The van der Waals surface area contributed by atoms with Crippen molar-refractivity contribution in [3.05, 3.63) is 0 Å². The van der Waals surface area contributed by atoms with E-state index in [0.29, 0.717) is 0 Å². The lowest BCUT2D eigenvalue weighted by Gasteiger charge is -2.18. The van der Waals surface area contributed by atoms with Gasteiger partial charge in [-0.15, -0.1) is 0 Å². The topological polar surface area (TPSA) is 112 Å². The molecule has 0 amide bonds. The standard InChI is InChI=1S/C17H38O8P2/c1-3-5-7-9-11-13-15-22-27(21,25-17-24-26(18,19)20)23-16-14-12-10-8-6-4-2/h3-17H2,1-2H3,(H2,18,19,20). The molecule has 0 aliphatic rings. The molecular formula is C17H38O8P2. The van der Waals surface area contributed by atoms with Crippen molar-refractivity contribution in [1.82, 2.24) is 0 Å². The van der Waals surface area contributed by atoms with Gasteiger partial charge < -0.3 is 9.79 Å². The molecule has 2 N–H and O–H groups in total. The van der Waals surface area contributed by atoms with Crippen molar-refractivity contribution in [3.63, 3.8) is 0 Å². The molecule has 0 rings (SSSR count). The van der Waals surface area contributed by atoms with Crippen LogP contribution in [0.2, 0.25) is 0 Å². The second-order valence-electron chi connectivity index (χ2n) is 6.52. The first-order chi connectivity index (χ1) is 12.8. The average molecular weight is 432 g/mol. The van der Waals surface area contributed by atoms with E-state index in [-0.39, 0.29) is 13.2 Å². The van der Waals surface area contributed by atoms with Crippen LogP contribution in [0, 0.1) is 0 Å². The number of hydrogen-bond donors (Lipinski definition) is 2. The highest BCUT2D eigenvalue weighted by molar-refractivity contribution is 7.48. The van der Waals surface area contributed by atoms with Gasteiger partial charge in [-0.05, 0) is 12.8 Å². The van der Waals surface area contributed by atoms with Crippen LogP contribution in [0.25, 0.3) is 0 Å². The zero-order chi connectivity index (χ0) is 20.4. The summed E-state index contributed by atoms with van der Waals surface area (Å²) in [5.74, 6) is 0. The molecule has 0 aromatic carbocycles. The van der Waals surface area contributed by atoms with Crippen LogP contribution in [0.3, 0.4) is 0 Å². The van der Waals surface area contributed by atoms with E-state index in [1.807, 2.05) is 0 Å². The monoisotopic (exact) mass is 432 g/mol. The van der Waals surface area contributed by atoms with E-state index in [0.717, 1.165) is 51.4 Å². The van der Waals surface area contributed by atoms with E-state index in [9.17, 15) is 9.13 Å². The predicted octanol–water partition coefficient (Wildman–Crippen LogP) is 5.93. The molecular weight excluding hydrogens is 394 g/mol. The first kappa shape index (κ1) is 27.2. The van der Waals surface area contributed by atoms with Crippen LogP contribution in [-0.4, -0.2) is 29.8 Å². The molecule has 10 heteroatoms. The minimum absolute atomic E-state index is 0.204. The number of unbranched alkanes of at least 4 members (excludes halogenated alkanes) is 10. The maximum atomic E-state index is 12.6. The summed E-state index contributed by atoms with van der Waals surface area (Å²) in [5, 5.41) is 0. The molecule has 8 nitrogen and oxygen atoms in total. The van der Waals surface area contributed by atoms with Gasteiger partial charge in [0.1, 0.15) is 0 Å². The van der Waals surface area contributed by atoms with E-state index in [1.54, 1.807) is 0 Å². The van der Waals surface area contributed by atoms with Gasteiger partial charge in [-0.3, -0.25) is 18.1 Å². The highest BCUT2D eigenvalue weighted by Crippen LogP contribution is 2.51. The predicted molar refractivity (Wildman–Crippen MR) is 105 cm³/mol. The van der Waals surface area contributed by atoms with Crippen molar-refractivity contribution in [1.29, 1.82) is 0 Å². The van der Waals surface area contributed by atoms with Gasteiger partial charge in [-0.2, -0.15) is 0 Å². The maximum absolute atomic E-state index is 12.6. The lowest BCUT2D eigenvalue weighted by molar-refractivity contribution is 0.0336. The van der Waals surface area contributed by atoms with Crippen molar-refractivity contribution in [3.8, 4) is 0 Å². The van der Waals surface area contributed by atoms with E-state index in [4.69, 9.17) is 23.4 Å². The van der Waals surface area contributed by atoms with Crippen LogP contribution in [0.4, 0.5) is 0 Å². The Morgan fingerprint density at radius 2 is 1.00 bits per heavy atom. The average Bonchev–Trinajstić information content (AvgIpc) is 2.59. The van der Waals surface area contributed by atoms with Crippen LogP contribution >= 0.6 is 15.6 Å². The van der Waals surface area contributed by atoms with Crippen LogP contribution < -0.4 is 0 Å². The SMILES string of the molecule is CCCCCCCCOP(=O)(OCCCCCCCC)OCOP(=O)(O)O. The Kier molecular flexibility index (Phi) is 17.2. The van der Waals surface area contributed by atoms with E-state index in [1.165, 1.54) is 25.7 Å². The number of rotatable bonds is 20. The van der Waals surface area contributed by atoms with Gasteiger partial charge in [-0.25, -0.2) is 9.13 Å². The molecule has 0 aromatic heterocycles. The smallest absolute Gasteiger partial charge is 0.303 e. The fourth-order valence-electron chi connectivity index (χ4n) is 2.39. The Morgan fingerprint density at radius 1 is 0.593 bits per heavy atom. The summed E-state index contributed by atoms with van der Waals surface area (Å²) in [5.41, 5.74) is 0. The summed E-state index contributed by atoms with van der Waals surface area (Å²) in [4.78, 5) is 17.4. The van der Waals surface area contributed by atoms with E-state index < -0.39 is 22.4 Å². The fraction of sp³-hybridized carbons (Fsp3) is 1.00. The minimum Gasteiger partial charge on any atom is -0.303 e. The summed E-state index contributed by atoms with van der Waals surface area (Å²) in [6.45, 7) is 3.86. The van der Waals surface area contributed by atoms with Gasteiger partial charge >= 0.3 is 15.6 Å². The summed E-state index contributed by atoms with van der Waals surface area (Å²) >= 11 is 0. The molecule has 0 aliphatic heterocycles. The van der Waals surface area contributed by atoms with Crippen LogP contribution in [0.1, 0.15) is 90.9 Å². The molecule has 0 aliphatic carbocycles. The zero-order valence-corrected chi connectivity index (χ0v) is 18.6. The molecule has 0 heterocycles. The third kappa shape index (κ3) is 19.3. The van der Waals surface area contributed by atoms with Crippen molar-refractivity contribution < 1.29 is 37.0 Å². The molecule has 0 spiro atoms. The summed E-state index contributed by atoms with van der Waals surface area (Å²) < 4.78 is 42.9. The Hall–Kier alpha value is 0.220. The van der Waals surface area contributed by atoms with E-state index >= 15 is 0 Å². The third-order valence-electron chi connectivity index (χ3n) is 3.93. The second-order valence-corrected chi connectivity index (χ2v) is 9.42. The normalized spacial score (nSPS) is 12.6. The van der Waals surface area contributed by atoms with Gasteiger partial charge in [-0.1, -0.05) is 78.1 Å². The number of phosphoric acid groups is 2. The Balaban J connectivity index is 4.15. The van der Waals surface area contributed by atoms with Crippen molar-refractivity contribution >= 4 is 15.6 Å². The van der Waals surface area contributed by atoms with Crippen LogP contribution in [0.5, 0.6) is 0 Å². The van der Waals surface area contributed by atoms with Crippen LogP contribution in [0.15, 0.2) is 0 Å². The number of phosphoric ester groups is 2. The molecule has 0 radical (unpaired) electrons. The Labute approximate surface area is 164 Å². The first-order valence-electron chi connectivity index (χ1n) is 10.1. The molecule has 164 valence electrons. The molecule has 0 atom stereocenters. The van der Waals surface area contributed by atoms with Gasteiger partial charge in [0.25, 0.3) is 0 Å². The highest BCUT2D eigenvalue weighted by atomic mass is 31.2. The van der Waals surface area contributed by atoms with Crippen molar-refractivity contribution in [2.75, 3.05) is 20.0 Å². The highest BCUT2D eigenvalue weighted by Gasteiger charge is 2.28. The summed E-state index contributed by atoms with van der Waals surface area (Å²) in [6.07, 6.45) is 12.6. The first-order valence-corrected chi connectivity index (χ1v) is 13.1. The fourth-order valence-corrected chi connectivity index (χ4v) is 3.77. The molecule has 0 saturated heterocycles. The quantitative estimate of drug-likeness (QED) is 0.138. The molecule has 0 saturated carbocycles. The van der Waals surface area contributed by atoms with Gasteiger partial charge in [0, 0.05) is 0 Å². The molecule has 0 aromatic rings. The Morgan fingerprint density at radius 3 is 1.41 bits per heavy atom. The molecule has 0 fully saturated rings. The molecule has 27 heavy (non-hydrogen) atoms. The minimum atomic E-state index is -4.70. The Bertz CT molecular complexity index is 405. The zero-order valence-electron chi connectivity index (χ0n) is 16.8. The molecule has 0 unspecified atom stereocenters. The number of hydrogen-bond acceptors (Lipinski definition) is 6. The summed E-state index contributed by atoms with van der Waals surface area (Å²) in [7, 11) is -8.60.